The first-order valence-electron chi connectivity index (χ1n) is 8.02. The largest absolute Gasteiger partial charge is 0.462 e. The fraction of sp³-hybridized carbons (Fsp3) is 0.368. The molecule has 4 heteroatoms. The molecule has 0 saturated heterocycles. The minimum atomic E-state index is -0.525. The van der Waals surface area contributed by atoms with Gasteiger partial charge in [0.2, 0.25) is 0 Å². The summed E-state index contributed by atoms with van der Waals surface area (Å²) in [5.41, 5.74) is 2.67. The molecule has 0 fully saturated rings. The molecule has 122 valence electrons. The zero-order valence-electron chi connectivity index (χ0n) is 14.0. The summed E-state index contributed by atoms with van der Waals surface area (Å²) in [6, 6.07) is 11.5. The number of carbonyl (C=O) groups excluding carboxylic acids is 1. The van der Waals surface area contributed by atoms with E-state index < -0.39 is 5.97 Å². The summed E-state index contributed by atoms with van der Waals surface area (Å²) in [5, 5.41) is 0. The molecule has 1 aromatic carbocycles. The predicted octanol–water partition coefficient (Wildman–Crippen LogP) is 3.33. The Morgan fingerprint density at radius 3 is 2.48 bits per heavy atom. The second kappa shape index (κ2) is 7.77. The van der Waals surface area contributed by atoms with Gasteiger partial charge in [-0.25, -0.2) is 4.79 Å². The minimum Gasteiger partial charge on any atom is -0.462 e. The van der Waals surface area contributed by atoms with Crippen LogP contribution in [0.1, 0.15) is 47.6 Å². The van der Waals surface area contributed by atoms with Crippen LogP contribution in [0.3, 0.4) is 0 Å². The molecule has 0 aliphatic heterocycles. The number of carbonyl (C=O) groups is 1. The highest BCUT2D eigenvalue weighted by Crippen LogP contribution is 2.15. The molecule has 23 heavy (non-hydrogen) atoms. The molecule has 2 rings (SSSR count). The molecule has 2 aromatic rings. The third-order valence-electron chi connectivity index (χ3n) is 3.78. The van der Waals surface area contributed by atoms with Crippen LogP contribution in [0.25, 0.3) is 0 Å². The zero-order chi connectivity index (χ0) is 16.8. The number of benzene rings is 1. The number of pyridine rings is 1. The number of esters is 1. The third kappa shape index (κ3) is 3.89. The van der Waals surface area contributed by atoms with Crippen molar-refractivity contribution in [2.24, 2.45) is 0 Å². The lowest BCUT2D eigenvalue weighted by molar-refractivity contribution is 0.0522. The molecule has 0 atom stereocenters. The van der Waals surface area contributed by atoms with Gasteiger partial charge in [-0.2, -0.15) is 0 Å². The van der Waals surface area contributed by atoms with E-state index in [1.165, 1.54) is 6.07 Å². The highest BCUT2D eigenvalue weighted by molar-refractivity contribution is 5.90. The van der Waals surface area contributed by atoms with Crippen LogP contribution in [0.5, 0.6) is 0 Å². The molecule has 1 heterocycles. The van der Waals surface area contributed by atoms with Gasteiger partial charge in [0.1, 0.15) is 5.56 Å². The molecule has 0 aliphatic rings. The standard InChI is InChI=1S/C19H23NO3/c1-4-9-16-18(19(22)23-5-2)17(21)12-14(3)20(16)13-15-10-7-6-8-11-15/h6-8,10-12H,4-5,9,13H2,1-3H3. The van der Waals surface area contributed by atoms with Crippen molar-refractivity contribution in [1.29, 1.82) is 0 Å². The number of aromatic nitrogens is 1. The Hall–Kier alpha value is -2.36. The van der Waals surface area contributed by atoms with Crippen molar-refractivity contribution in [2.45, 2.75) is 40.2 Å². The van der Waals surface area contributed by atoms with Crippen molar-refractivity contribution in [3.05, 3.63) is 69.1 Å². The number of hydrogen-bond donors (Lipinski definition) is 0. The van der Waals surface area contributed by atoms with Crippen LogP contribution in [-0.2, 0) is 17.7 Å². The van der Waals surface area contributed by atoms with Gasteiger partial charge in [0, 0.05) is 24.0 Å². The van der Waals surface area contributed by atoms with Crippen LogP contribution in [0.4, 0.5) is 0 Å². The fourth-order valence-corrected chi connectivity index (χ4v) is 2.73. The Labute approximate surface area is 136 Å². The molecular weight excluding hydrogens is 290 g/mol. The number of rotatable bonds is 6. The van der Waals surface area contributed by atoms with E-state index in [-0.39, 0.29) is 17.6 Å². The van der Waals surface area contributed by atoms with Crippen molar-refractivity contribution < 1.29 is 9.53 Å². The van der Waals surface area contributed by atoms with E-state index in [4.69, 9.17) is 4.74 Å². The van der Waals surface area contributed by atoms with E-state index >= 15 is 0 Å². The summed E-state index contributed by atoms with van der Waals surface area (Å²) in [6.07, 6.45) is 1.52. The van der Waals surface area contributed by atoms with Crippen LogP contribution in [0, 0.1) is 6.92 Å². The van der Waals surface area contributed by atoms with Gasteiger partial charge >= 0.3 is 5.97 Å². The van der Waals surface area contributed by atoms with Gasteiger partial charge in [-0.05, 0) is 25.8 Å². The topological polar surface area (TPSA) is 48.3 Å². The maximum atomic E-state index is 12.3. The average molecular weight is 313 g/mol. The quantitative estimate of drug-likeness (QED) is 0.769. The molecule has 0 spiro atoms. The molecule has 0 amide bonds. The first kappa shape index (κ1) is 17.0. The Morgan fingerprint density at radius 2 is 1.87 bits per heavy atom. The van der Waals surface area contributed by atoms with Crippen LogP contribution in [0.15, 0.2) is 41.2 Å². The van der Waals surface area contributed by atoms with E-state index in [1.54, 1.807) is 6.92 Å². The maximum absolute atomic E-state index is 12.3. The van der Waals surface area contributed by atoms with Crippen molar-refractivity contribution in [2.75, 3.05) is 6.61 Å². The highest BCUT2D eigenvalue weighted by atomic mass is 16.5. The van der Waals surface area contributed by atoms with Gasteiger partial charge in [0.15, 0.2) is 5.43 Å². The van der Waals surface area contributed by atoms with Crippen LogP contribution < -0.4 is 5.43 Å². The van der Waals surface area contributed by atoms with Gasteiger partial charge in [-0.3, -0.25) is 4.79 Å². The Kier molecular flexibility index (Phi) is 5.74. The first-order valence-corrected chi connectivity index (χ1v) is 8.02. The van der Waals surface area contributed by atoms with Gasteiger partial charge < -0.3 is 9.30 Å². The molecular formula is C19H23NO3. The molecule has 0 N–H and O–H groups in total. The van der Waals surface area contributed by atoms with Crippen molar-refractivity contribution >= 4 is 5.97 Å². The average Bonchev–Trinajstić information content (AvgIpc) is 2.52. The maximum Gasteiger partial charge on any atom is 0.343 e. The molecule has 1 aromatic heterocycles. The molecule has 0 unspecified atom stereocenters. The zero-order valence-corrected chi connectivity index (χ0v) is 14.0. The second-order valence-electron chi connectivity index (χ2n) is 5.51. The second-order valence-corrected chi connectivity index (χ2v) is 5.51. The van der Waals surface area contributed by atoms with Crippen LogP contribution >= 0.6 is 0 Å². The Balaban J connectivity index is 2.58. The van der Waals surface area contributed by atoms with Crippen molar-refractivity contribution in [1.82, 2.24) is 4.57 Å². The third-order valence-corrected chi connectivity index (χ3v) is 3.78. The van der Waals surface area contributed by atoms with E-state index in [1.807, 2.05) is 48.7 Å². The predicted molar refractivity (Wildman–Crippen MR) is 90.9 cm³/mol. The van der Waals surface area contributed by atoms with Gasteiger partial charge in [-0.1, -0.05) is 43.7 Å². The lowest BCUT2D eigenvalue weighted by Gasteiger charge is -2.19. The fourth-order valence-electron chi connectivity index (χ4n) is 2.73. The Morgan fingerprint density at radius 1 is 1.17 bits per heavy atom. The van der Waals surface area contributed by atoms with Gasteiger partial charge in [0.05, 0.1) is 6.61 Å². The summed E-state index contributed by atoms with van der Waals surface area (Å²) >= 11 is 0. The summed E-state index contributed by atoms with van der Waals surface area (Å²) in [7, 11) is 0. The number of nitrogens with zero attached hydrogens (tertiary/aromatic N) is 1. The summed E-state index contributed by atoms with van der Waals surface area (Å²) < 4.78 is 7.14. The molecule has 0 saturated carbocycles. The van der Waals surface area contributed by atoms with Crippen molar-refractivity contribution in [3.8, 4) is 0 Å². The lowest BCUT2D eigenvalue weighted by atomic mass is 10.1. The molecule has 0 bridgehead atoms. The number of aryl methyl sites for hydroxylation is 1. The van der Waals surface area contributed by atoms with E-state index in [9.17, 15) is 9.59 Å². The van der Waals surface area contributed by atoms with Gasteiger partial charge in [0.25, 0.3) is 0 Å². The van der Waals surface area contributed by atoms with Gasteiger partial charge in [-0.15, -0.1) is 0 Å². The van der Waals surface area contributed by atoms with Crippen molar-refractivity contribution in [3.63, 3.8) is 0 Å². The van der Waals surface area contributed by atoms with E-state index in [0.717, 1.165) is 23.4 Å². The highest BCUT2D eigenvalue weighted by Gasteiger charge is 2.20. The summed E-state index contributed by atoms with van der Waals surface area (Å²) in [6.45, 7) is 6.58. The monoisotopic (exact) mass is 313 g/mol. The van der Waals surface area contributed by atoms with Crippen LogP contribution in [0.2, 0.25) is 0 Å². The lowest BCUT2D eigenvalue weighted by Crippen LogP contribution is -2.26. The molecule has 4 nitrogen and oxygen atoms in total. The normalized spacial score (nSPS) is 10.6. The SMILES string of the molecule is CCCc1c(C(=O)OCC)c(=O)cc(C)n1Cc1ccccc1. The Bertz CT molecular complexity index is 732. The van der Waals surface area contributed by atoms with E-state index in [2.05, 4.69) is 0 Å². The summed E-state index contributed by atoms with van der Waals surface area (Å²) in [4.78, 5) is 24.6. The minimum absolute atomic E-state index is 0.176. The number of ether oxygens (including phenoxy) is 1. The summed E-state index contributed by atoms with van der Waals surface area (Å²) in [5.74, 6) is -0.525. The first-order chi connectivity index (χ1) is 11.1. The molecule has 0 aliphatic carbocycles. The van der Waals surface area contributed by atoms with Crippen LogP contribution in [-0.4, -0.2) is 17.1 Å². The molecule has 0 radical (unpaired) electrons. The number of hydrogen-bond acceptors (Lipinski definition) is 3. The van der Waals surface area contributed by atoms with E-state index in [0.29, 0.717) is 13.0 Å². The smallest absolute Gasteiger partial charge is 0.343 e.